The minimum atomic E-state index is -0.408. The van der Waals surface area contributed by atoms with Crippen LogP contribution in [0.1, 0.15) is 6.42 Å². The fourth-order valence-electron chi connectivity index (χ4n) is 1.27. The molecule has 0 fully saturated rings. The lowest BCUT2D eigenvalue weighted by atomic mass is 10.4. The van der Waals surface area contributed by atoms with E-state index < -0.39 is 6.67 Å². The Balaban J connectivity index is 2.46. The number of hydrogen-bond acceptors (Lipinski definition) is 3. The summed E-state index contributed by atoms with van der Waals surface area (Å²) >= 11 is 1.37. The van der Waals surface area contributed by atoms with Crippen LogP contribution in [0, 0.1) is 0 Å². The molecule has 74 valence electrons. The Kier molecular flexibility index (Phi) is 2.58. The van der Waals surface area contributed by atoms with Crippen molar-refractivity contribution in [1.29, 1.82) is 0 Å². The van der Waals surface area contributed by atoms with E-state index in [1.54, 1.807) is 6.07 Å². The summed E-state index contributed by atoms with van der Waals surface area (Å²) in [6.45, 7) is -0.00884. The summed E-state index contributed by atoms with van der Waals surface area (Å²) < 4.78 is 14.0. The highest BCUT2D eigenvalue weighted by atomic mass is 32.1. The van der Waals surface area contributed by atoms with Gasteiger partial charge in [-0.1, -0.05) is 0 Å². The third-order valence-corrected chi connectivity index (χ3v) is 2.86. The van der Waals surface area contributed by atoms with Crippen LogP contribution in [0.15, 0.2) is 22.6 Å². The molecule has 0 N–H and O–H groups in total. The van der Waals surface area contributed by atoms with Crippen LogP contribution in [-0.2, 0) is 6.54 Å². The minimum Gasteiger partial charge on any atom is -0.298 e. The van der Waals surface area contributed by atoms with Gasteiger partial charge in [-0.2, -0.15) is 0 Å². The predicted octanol–water partition coefficient (Wildman–Crippen LogP) is 1.82. The maximum Gasteiger partial charge on any atom is 0.271 e. The summed E-state index contributed by atoms with van der Waals surface area (Å²) in [5, 5.41) is 1.83. The Hall–Kier alpha value is -1.23. The highest BCUT2D eigenvalue weighted by Gasteiger charge is 2.04. The average Bonchev–Trinajstić information content (AvgIpc) is 2.66. The normalized spacial score (nSPS) is 10.9. The van der Waals surface area contributed by atoms with E-state index in [-0.39, 0.29) is 5.56 Å². The van der Waals surface area contributed by atoms with Gasteiger partial charge in [0.2, 0.25) is 0 Å². The highest BCUT2D eigenvalue weighted by molar-refractivity contribution is 7.17. The smallest absolute Gasteiger partial charge is 0.271 e. The van der Waals surface area contributed by atoms with Gasteiger partial charge < -0.3 is 0 Å². The minimum absolute atomic E-state index is 0.0709. The van der Waals surface area contributed by atoms with Crippen molar-refractivity contribution >= 4 is 21.6 Å². The SMILES string of the molecule is O=c1c2sccc2ncn1CCCF. The van der Waals surface area contributed by atoms with Gasteiger partial charge in [0.1, 0.15) is 4.70 Å². The first kappa shape index (κ1) is 9.33. The molecule has 0 aliphatic rings. The molecule has 3 nitrogen and oxygen atoms in total. The highest BCUT2D eigenvalue weighted by Crippen LogP contribution is 2.13. The molecule has 2 rings (SSSR count). The summed E-state index contributed by atoms with van der Waals surface area (Å²) in [7, 11) is 0. The Bertz CT molecular complexity index is 491. The second kappa shape index (κ2) is 3.88. The maximum atomic E-state index is 11.9. The van der Waals surface area contributed by atoms with E-state index in [0.717, 1.165) is 5.52 Å². The van der Waals surface area contributed by atoms with Crippen LogP contribution in [0.3, 0.4) is 0 Å². The van der Waals surface area contributed by atoms with Crippen molar-refractivity contribution in [3.8, 4) is 0 Å². The van der Waals surface area contributed by atoms with Crippen molar-refractivity contribution in [1.82, 2.24) is 9.55 Å². The van der Waals surface area contributed by atoms with Crippen molar-refractivity contribution in [2.24, 2.45) is 0 Å². The zero-order valence-electron chi connectivity index (χ0n) is 7.44. The molecule has 5 heteroatoms. The first-order valence-corrected chi connectivity index (χ1v) is 5.19. The van der Waals surface area contributed by atoms with Gasteiger partial charge in [0.15, 0.2) is 0 Å². The largest absolute Gasteiger partial charge is 0.298 e. The van der Waals surface area contributed by atoms with Gasteiger partial charge in [-0.3, -0.25) is 13.8 Å². The van der Waals surface area contributed by atoms with Crippen LogP contribution < -0.4 is 5.56 Å². The van der Waals surface area contributed by atoms with E-state index in [1.165, 1.54) is 22.2 Å². The average molecular weight is 212 g/mol. The van der Waals surface area contributed by atoms with Crippen molar-refractivity contribution in [3.63, 3.8) is 0 Å². The Morgan fingerprint density at radius 2 is 2.43 bits per heavy atom. The van der Waals surface area contributed by atoms with E-state index in [9.17, 15) is 9.18 Å². The summed E-state index contributed by atoms with van der Waals surface area (Å²) in [5.74, 6) is 0. The summed E-state index contributed by atoms with van der Waals surface area (Å²) in [6.07, 6.45) is 1.84. The molecule has 0 aliphatic carbocycles. The molecule has 0 bridgehead atoms. The van der Waals surface area contributed by atoms with E-state index in [4.69, 9.17) is 0 Å². The summed E-state index contributed by atoms with van der Waals surface area (Å²) in [5.41, 5.74) is 0.648. The van der Waals surface area contributed by atoms with Gasteiger partial charge in [0, 0.05) is 6.54 Å². The fraction of sp³-hybridized carbons (Fsp3) is 0.333. The van der Waals surface area contributed by atoms with E-state index in [2.05, 4.69) is 4.98 Å². The number of nitrogens with zero attached hydrogens (tertiary/aromatic N) is 2. The topological polar surface area (TPSA) is 34.9 Å². The molecule has 0 aliphatic heterocycles. The van der Waals surface area contributed by atoms with Crippen molar-refractivity contribution in [2.75, 3.05) is 6.67 Å². The zero-order valence-corrected chi connectivity index (χ0v) is 8.26. The predicted molar refractivity (Wildman–Crippen MR) is 54.5 cm³/mol. The first-order valence-electron chi connectivity index (χ1n) is 4.31. The fourth-order valence-corrected chi connectivity index (χ4v) is 2.06. The van der Waals surface area contributed by atoms with Gasteiger partial charge in [-0.25, -0.2) is 4.98 Å². The second-order valence-electron chi connectivity index (χ2n) is 2.92. The quantitative estimate of drug-likeness (QED) is 0.777. The van der Waals surface area contributed by atoms with E-state index >= 15 is 0 Å². The molecular weight excluding hydrogens is 203 g/mol. The number of rotatable bonds is 3. The number of hydrogen-bond donors (Lipinski definition) is 0. The number of aromatic nitrogens is 2. The lowest BCUT2D eigenvalue weighted by Gasteiger charge is -2.01. The van der Waals surface area contributed by atoms with Crippen LogP contribution in [0.2, 0.25) is 0 Å². The number of fused-ring (bicyclic) bond motifs is 1. The molecule has 0 aromatic carbocycles. The zero-order chi connectivity index (χ0) is 9.97. The number of thiophene rings is 1. The van der Waals surface area contributed by atoms with Crippen LogP contribution >= 0.6 is 11.3 Å². The molecule has 14 heavy (non-hydrogen) atoms. The second-order valence-corrected chi connectivity index (χ2v) is 3.84. The molecule has 2 aromatic heterocycles. The van der Waals surface area contributed by atoms with Crippen LogP contribution in [0.5, 0.6) is 0 Å². The van der Waals surface area contributed by atoms with Gasteiger partial charge in [-0.05, 0) is 17.9 Å². The van der Waals surface area contributed by atoms with Crippen molar-refractivity contribution in [3.05, 3.63) is 28.1 Å². The standard InChI is InChI=1S/C9H9FN2OS/c10-3-1-4-12-6-11-7-2-5-14-8(7)9(12)13/h2,5-6H,1,3-4H2. The van der Waals surface area contributed by atoms with E-state index in [0.29, 0.717) is 17.7 Å². The van der Waals surface area contributed by atoms with Crippen molar-refractivity contribution in [2.45, 2.75) is 13.0 Å². The van der Waals surface area contributed by atoms with Crippen LogP contribution in [-0.4, -0.2) is 16.2 Å². The molecule has 0 saturated carbocycles. The van der Waals surface area contributed by atoms with E-state index in [1.807, 2.05) is 5.38 Å². The summed E-state index contributed by atoms with van der Waals surface area (Å²) in [6, 6.07) is 1.81. The summed E-state index contributed by atoms with van der Waals surface area (Å²) in [4.78, 5) is 15.8. The molecule has 0 unspecified atom stereocenters. The number of halogens is 1. The molecular formula is C9H9FN2OS. The first-order chi connectivity index (χ1) is 6.83. The molecule has 0 spiro atoms. The van der Waals surface area contributed by atoms with Crippen LogP contribution in [0.4, 0.5) is 4.39 Å². The maximum absolute atomic E-state index is 11.9. The van der Waals surface area contributed by atoms with Gasteiger partial charge in [0.05, 0.1) is 18.5 Å². The van der Waals surface area contributed by atoms with Gasteiger partial charge in [0.25, 0.3) is 5.56 Å². The molecule has 0 amide bonds. The molecule has 0 atom stereocenters. The number of aryl methyl sites for hydroxylation is 1. The lowest BCUT2D eigenvalue weighted by molar-refractivity contribution is 0.443. The Morgan fingerprint density at radius 1 is 1.57 bits per heavy atom. The van der Waals surface area contributed by atoms with Gasteiger partial charge in [-0.15, -0.1) is 11.3 Å². The molecule has 2 heterocycles. The van der Waals surface area contributed by atoms with Crippen LogP contribution in [0.25, 0.3) is 10.2 Å². The molecule has 2 aromatic rings. The van der Waals surface area contributed by atoms with Gasteiger partial charge >= 0.3 is 0 Å². The Labute approximate surface area is 83.8 Å². The monoisotopic (exact) mass is 212 g/mol. The number of alkyl halides is 1. The molecule has 0 radical (unpaired) electrons. The Morgan fingerprint density at radius 3 is 3.21 bits per heavy atom. The third-order valence-electron chi connectivity index (χ3n) is 1.97. The lowest BCUT2D eigenvalue weighted by Crippen LogP contribution is -2.19. The van der Waals surface area contributed by atoms with Crippen molar-refractivity contribution < 1.29 is 4.39 Å². The third kappa shape index (κ3) is 1.55. The molecule has 0 saturated heterocycles.